The number of rotatable bonds is 4. The Bertz CT molecular complexity index is 413. The van der Waals surface area contributed by atoms with Gasteiger partial charge < -0.3 is 9.47 Å². The molecule has 17 heavy (non-hydrogen) atoms. The van der Waals surface area contributed by atoms with Crippen molar-refractivity contribution in [1.29, 1.82) is 0 Å². The molecule has 1 heterocycles. The Morgan fingerprint density at radius 1 is 1.53 bits per heavy atom. The molecule has 92 valence electrons. The van der Waals surface area contributed by atoms with E-state index >= 15 is 0 Å². The number of nitrogens with zero attached hydrogens (tertiary/aromatic N) is 1. The molecule has 0 amide bonds. The smallest absolute Gasteiger partial charge is 0.316 e. The van der Waals surface area contributed by atoms with Crippen molar-refractivity contribution in [2.24, 2.45) is 0 Å². The summed E-state index contributed by atoms with van der Waals surface area (Å²) in [6.07, 6.45) is 4.33. The van der Waals surface area contributed by atoms with Crippen LogP contribution in [0.4, 0.5) is 0 Å². The van der Waals surface area contributed by atoms with Crippen LogP contribution >= 0.6 is 0 Å². The van der Waals surface area contributed by atoms with Gasteiger partial charge in [-0.2, -0.15) is 0 Å². The Balaban J connectivity index is 2.37. The van der Waals surface area contributed by atoms with Crippen molar-refractivity contribution >= 4 is 5.97 Å². The summed E-state index contributed by atoms with van der Waals surface area (Å²) in [5, 5.41) is 0. The van der Waals surface area contributed by atoms with Gasteiger partial charge in [0, 0.05) is 11.8 Å². The molecule has 2 rings (SSSR count). The van der Waals surface area contributed by atoms with Gasteiger partial charge in [-0.05, 0) is 25.8 Å². The number of carbonyl (C=O) groups is 1. The average Bonchev–Trinajstić information content (AvgIpc) is 2.29. The molecule has 1 aromatic rings. The van der Waals surface area contributed by atoms with Crippen LogP contribution in [0.15, 0.2) is 18.3 Å². The van der Waals surface area contributed by atoms with Gasteiger partial charge in [0.15, 0.2) is 0 Å². The van der Waals surface area contributed by atoms with Crippen LogP contribution < -0.4 is 4.74 Å². The maximum Gasteiger partial charge on any atom is 0.316 e. The monoisotopic (exact) mass is 235 g/mol. The molecule has 0 bridgehead atoms. The molecule has 0 saturated heterocycles. The third kappa shape index (κ3) is 1.88. The van der Waals surface area contributed by atoms with Crippen molar-refractivity contribution in [2.45, 2.75) is 31.6 Å². The number of esters is 1. The lowest BCUT2D eigenvalue weighted by molar-refractivity contribution is -0.154. The molecule has 0 aromatic carbocycles. The number of pyridine rings is 1. The maximum absolute atomic E-state index is 12.1. The maximum atomic E-state index is 12.1. The van der Waals surface area contributed by atoms with Gasteiger partial charge in [-0.1, -0.05) is 12.5 Å². The first-order valence-corrected chi connectivity index (χ1v) is 5.91. The van der Waals surface area contributed by atoms with E-state index in [2.05, 4.69) is 4.98 Å². The Morgan fingerprint density at radius 3 is 2.82 bits per heavy atom. The van der Waals surface area contributed by atoms with E-state index in [0.29, 0.717) is 12.5 Å². The number of hydrogen-bond acceptors (Lipinski definition) is 4. The second-order valence-corrected chi connectivity index (χ2v) is 4.22. The molecule has 0 aliphatic heterocycles. The summed E-state index contributed by atoms with van der Waals surface area (Å²) in [6, 6.07) is 3.74. The molecule has 0 spiro atoms. The van der Waals surface area contributed by atoms with Crippen molar-refractivity contribution in [2.75, 3.05) is 13.7 Å². The zero-order valence-corrected chi connectivity index (χ0v) is 10.2. The third-order valence-electron chi connectivity index (χ3n) is 3.35. The second kappa shape index (κ2) is 4.73. The van der Waals surface area contributed by atoms with E-state index in [1.807, 2.05) is 19.1 Å². The highest BCUT2D eigenvalue weighted by Gasteiger charge is 2.49. The number of carbonyl (C=O) groups excluding carboxylic acids is 1. The van der Waals surface area contributed by atoms with Crippen molar-refractivity contribution in [3.8, 4) is 5.88 Å². The van der Waals surface area contributed by atoms with Crippen molar-refractivity contribution in [3.05, 3.63) is 23.9 Å². The van der Waals surface area contributed by atoms with Crippen molar-refractivity contribution in [3.63, 3.8) is 0 Å². The SMILES string of the molecule is CCOC(=O)C1(c2cccnc2OC)CCC1. The fourth-order valence-corrected chi connectivity index (χ4v) is 2.30. The van der Waals surface area contributed by atoms with Crippen molar-refractivity contribution in [1.82, 2.24) is 4.98 Å². The number of aromatic nitrogens is 1. The zero-order valence-electron chi connectivity index (χ0n) is 10.2. The minimum Gasteiger partial charge on any atom is -0.481 e. The highest BCUT2D eigenvalue weighted by Crippen LogP contribution is 2.47. The van der Waals surface area contributed by atoms with Gasteiger partial charge in [0.1, 0.15) is 0 Å². The van der Waals surface area contributed by atoms with Crippen LogP contribution in [-0.2, 0) is 14.9 Å². The molecule has 1 aliphatic rings. The molecule has 1 fully saturated rings. The fraction of sp³-hybridized carbons (Fsp3) is 0.538. The number of methoxy groups -OCH3 is 1. The second-order valence-electron chi connectivity index (χ2n) is 4.22. The molecule has 0 radical (unpaired) electrons. The molecular formula is C13H17NO3. The average molecular weight is 235 g/mol. The molecule has 1 aromatic heterocycles. The first kappa shape index (κ1) is 11.9. The van der Waals surface area contributed by atoms with E-state index in [4.69, 9.17) is 9.47 Å². The first-order chi connectivity index (χ1) is 8.24. The summed E-state index contributed by atoms with van der Waals surface area (Å²) in [5.41, 5.74) is 0.322. The van der Waals surface area contributed by atoms with Crippen LogP contribution in [0.25, 0.3) is 0 Å². The van der Waals surface area contributed by atoms with Gasteiger partial charge in [-0.25, -0.2) is 4.98 Å². The largest absolute Gasteiger partial charge is 0.481 e. The molecule has 1 aliphatic carbocycles. The summed E-state index contributed by atoms with van der Waals surface area (Å²) >= 11 is 0. The minimum absolute atomic E-state index is 0.155. The Hall–Kier alpha value is -1.58. The molecule has 0 unspecified atom stereocenters. The van der Waals surface area contributed by atoms with E-state index in [1.54, 1.807) is 13.3 Å². The van der Waals surface area contributed by atoms with Gasteiger partial charge in [-0.3, -0.25) is 4.79 Å². The highest BCUT2D eigenvalue weighted by molar-refractivity contribution is 5.85. The molecule has 4 heteroatoms. The van der Waals surface area contributed by atoms with E-state index < -0.39 is 5.41 Å². The quantitative estimate of drug-likeness (QED) is 0.750. The Kier molecular flexibility index (Phi) is 3.31. The van der Waals surface area contributed by atoms with Crippen LogP contribution in [0, 0.1) is 0 Å². The molecule has 0 atom stereocenters. The van der Waals surface area contributed by atoms with Crippen LogP contribution in [-0.4, -0.2) is 24.7 Å². The summed E-state index contributed by atoms with van der Waals surface area (Å²) in [7, 11) is 1.57. The van der Waals surface area contributed by atoms with Crippen LogP contribution in [0.2, 0.25) is 0 Å². The van der Waals surface area contributed by atoms with Crippen LogP contribution in [0.5, 0.6) is 5.88 Å². The molecular weight excluding hydrogens is 218 g/mol. The first-order valence-electron chi connectivity index (χ1n) is 5.91. The Morgan fingerprint density at radius 2 is 2.29 bits per heavy atom. The summed E-state index contributed by atoms with van der Waals surface area (Å²) in [6.45, 7) is 2.23. The fourth-order valence-electron chi connectivity index (χ4n) is 2.30. The number of ether oxygens (including phenoxy) is 2. The van der Waals surface area contributed by atoms with Crippen LogP contribution in [0.1, 0.15) is 31.7 Å². The summed E-state index contributed by atoms with van der Waals surface area (Å²) in [5.74, 6) is 0.373. The lowest BCUT2D eigenvalue weighted by Crippen LogP contribution is -2.44. The Labute approximate surface area is 101 Å². The lowest BCUT2D eigenvalue weighted by Gasteiger charge is -2.39. The topological polar surface area (TPSA) is 48.4 Å². The van der Waals surface area contributed by atoms with Crippen LogP contribution in [0.3, 0.4) is 0 Å². The van der Waals surface area contributed by atoms with Crippen molar-refractivity contribution < 1.29 is 14.3 Å². The predicted molar refractivity (Wildman–Crippen MR) is 63.0 cm³/mol. The van der Waals surface area contributed by atoms with Gasteiger partial charge in [0.05, 0.1) is 19.1 Å². The predicted octanol–water partition coefficient (Wildman–Crippen LogP) is 2.08. The molecule has 0 N–H and O–H groups in total. The van der Waals surface area contributed by atoms with E-state index in [-0.39, 0.29) is 5.97 Å². The molecule has 1 saturated carbocycles. The summed E-state index contributed by atoms with van der Waals surface area (Å²) in [4.78, 5) is 16.3. The van der Waals surface area contributed by atoms with E-state index in [1.165, 1.54) is 0 Å². The summed E-state index contributed by atoms with van der Waals surface area (Å²) < 4.78 is 10.4. The minimum atomic E-state index is -0.532. The van der Waals surface area contributed by atoms with E-state index in [9.17, 15) is 4.79 Å². The highest BCUT2D eigenvalue weighted by atomic mass is 16.5. The van der Waals surface area contributed by atoms with Gasteiger partial charge >= 0.3 is 5.97 Å². The molecule has 4 nitrogen and oxygen atoms in total. The van der Waals surface area contributed by atoms with Gasteiger partial charge in [0.2, 0.25) is 5.88 Å². The zero-order chi connectivity index (χ0) is 12.3. The third-order valence-corrected chi connectivity index (χ3v) is 3.35. The van der Waals surface area contributed by atoms with Gasteiger partial charge in [-0.15, -0.1) is 0 Å². The normalized spacial score (nSPS) is 17.1. The standard InChI is InChI=1S/C13H17NO3/c1-3-17-12(15)13(7-5-8-13)10-6-4-9-14-11(10)16-2/h4,6,9H,3,5,7-8H2,1-2H3. The van der Waals surface area contributed by atoms with E-state index in [0.717, 1.165) is 24.8 Å². The lowest BCUT2D eigenvalue weighted by atomic mass is 9.64. The van der Waals surface area contributed by atoms with Gasteiger partial charge in [0.25, 0.3) is 0 Å². The number of hydrogen-bond donors (Lipinski definition) is 0.